The first kappa shape index (κ1) is 11.7. The zero-order valence-corrected chi connectivity index (χ0v) is 8.67. The van der Waals surface area contributed by atoms with Gasteiger partial charge in [-0.2, -0.15) is 0 Å². The van der Waals surface area contributed by atoms with Crippen LogP contribution in [-0.2, 0) is 0 Å². The normalized spacial score (nSPS) is 10.8. The van der Waals surface area contributed by atoms with Gasteiger partial charge in [-0.25, -0.2) is 9.18 Å². The van der Waals surface area contributed by atoms with Crippen LogP contribution in [0.25, 0.3) is 6.08 Å². The first-order valence-electron chi connectivity index (χ1n) is 4.41. The molecule has 1 aromatic rings. The number of hydrogen-bond acceptors (Lipinski definition) is 1. The number of allylic oxidation sites excluding steroid dienone is 1. The molecule has 0 aliphatic rings. The van der Waals surface area contributed by atoms with E-state index in [-0.39, 0.29) is 11.1 Å². The van der Waals surface area contributed by atoms with Crippen LogP contribution in [0.2, 0.25) is 0 Å². The fraction of sp³-hybridized carbons (Fsp3) is 0.182. The van der Waals surface area contributed by atoms with Gasteiger partial charge in [0.1, 0.15) is 5.82 Å². The molecule has 0 atom stereocenters. The number of hydrogen-bond donors (Lipinski definition) is 1. The van der Waals surface area contributed by atoms with Crippen molar-refractivity contribution in [1.29, 1.82) is 0 Å². The molecule has 0 heterocycles. The number of alkyl halides is 1. The fourth-order valence-corrected chi connectivity index (χ4v) is 1.28. The topological polar surface area (TPSA) is 37.3 Å². The highest BCUT2D eigenvalue weighted by atomic mass is 35.5. The minimum Gasteiger partial charge on any atom is -0.478 e. The molecule has 0 saturated carbocycles. The van der Waals surface area contributed by atoms with Crippen molar-refractivity contribution in [1.82, 2.24) is 0 Å². The van der Waals surface area contributed by atoms with E-state index in [0.717, 1.165) is 0 Å². The molecule has 0 amide bonds. The predicted molar refractivity (Wildman–Crippen MR) is 57.7 cm³/mol. The minimum absolute atomic E-state index is 0.0409. The SMILES string of the molecule is O=C(O)c1cccc(F)c1C=CCCCl. The maximum Gasteiger partial charge on any atom is 0.336 e. The first-order chi connectivity index (χ1) is 7.16. The number of carbonyl (C=O) groups is 1. The van der Waals surface area contributed by atoms with Gasteiger partial charge in [-0.15, -0.1) is 11.6 Å². The van der Waals surface area contributed by atoms with Gasteiger partial charge in [0.15, 0.2) is 0 Å². The van der Waals surface area contributed by atoms with Gasteiger partial charge >= 0.3 is 5.97 Å². The summed E-state index contributed by atoms with van der Waals surface area (Å²) in [7, 11) is 0. The Morgan fingerprint density at radius 1 is 1.53 bits per heavy atom. The Hall–Kier alpha value is -1.35. The van der Waals surface area contributed by atoms with Gasteiger partial charge in [0.05, 0.1) is 5.56 Å². The lowest BCUT2D eigenvalue weighted by atomic mass is 10.1. The smallest absolute Gasteiger partial charge is 0.336 e. The molecule has 4 heteroatoms. The number of rotatable bonds is 4. The van der Waals surface area contributed by atoms with E-state index in [1.807, 2.05) is 0 Å². The molecule has 1 aromatic carbocycles. The van der Waals surface area contributed by atoms with Crippen LogP contribution in [0, 0.1) is 5.82 Å². The summed E-state index contributed by atoms with van der Waals surface area (Å²) in [5, 5.41) is 8.82. The Balaban J connectivity index is 3.07. The van der Waals surface area contributed by atoms with Gasteiger partial charge in [-0.3, -0.25) is 0 Å². The maximum atomic E-state index is 13.3. The van der Waals surface area contributed by atoms with E-state index in [4.69, 9.17) is 16.7 Å². The van der Waals surface area contributed by atoms with Crippen LogP contribution in [0.5, 0.6) is 0 Å². The quantitative estimate of drug-likeness (QED) is 0.804. The van der Waals surface area contributed by atoms with Crippen LogP contribution < -0.4 is 0 Å². The van der Waals surface area contributed by atoms with Crippen LogP contribution in [0.15, 0.2) is 24.3 Å². The van der Waals surface area contributed by atoms with E-state index in [9.17, 15) is 9.18 Å². The van der Waals surface area contributed by atoms with E-state index in [2.05, 4.69) is 0 Å². The summed E-state index contributed by atoms with van der Waals surface area (Å²) in [5.41, 5.74) is 0.0518. The van der Waals surface area contributed by atoms with Crippen LogP contribution >= 0.6 is 11.6 Å². The molecule has 2 nitrogen and oxygen atoms in total. The fourth-order valence-electron chi connectivity index (χ4n) is 1.16. The molecule has 0 spiro atoms. The second kappa shape index (κ2) is 5.51. The molecule has 0 aliphatic carbocycles. The summed E-state index contributed by atoms with van der Waals surface area (Å²) in [4.78, 5) is 10.8. The van der Waals surface area contributed by atoms with Crippen molar-refractivity contribution < 1.29 is 14.3 Å². The first-order valence-corrected chi connectivity index (χ1v) is 4.94. The number of carboxylic acids is 1. The zero-order valence-electron chi connectivity index (χ0n) is 7.91. The third-order valence-electron chi connectivity index (χ3n) is 1.84. The van der Waals surface area contributed by atoms with E-state index in [1.54, 1.807) is 6.08 Å². The van der Waals surface area contributed by atoms with Gasteiger partial charge < -0.3 is 5.11 Å². The molecule has 1 N–H and O–H groups in total. The van der Waals surface area contributed by atoms with Crippen molar-refractivity contribution in [2.45, 2.75) is 6.42 Å². The highest BCUT2D eigenvalue weighted by Gasteiger charge is 2.10. The summed E-state index contributed by atoms with van der Waals surface area (Å²) in [5.74, 6) is -1.26. The van der Waals surface area contributed by atoms with Crippen LogP contribution in [0.1, 0.15) is 22.3 Å². The van der Waals surface area contributed by atoms with E-state index in [0.29, 0.717) is 12.3 Å². The molecule has 0 unspecified atom stereocenters. The van der Waals surface area contributed by atoms with Crippen LogP contribution in [0.3, 0.4) is 0 Å². The van der Waals surface area contributed by atoms with Gasteiger partial charge in [0.2, 0.25) is 0 Å². The number of benzene rings is 1. The second-order valence-corrected chi connectivity index (χ2v) is 3.26. The number of carboxylic acid groups (broad SMARTS) is 1. The van der Waals surface area contributed by atoms with E-state index < -0.39 is 11.8 Å². The highest BCUT2D eigenvalue weighted by molar-refractivity contribution is 6.17. The number of aromatic carboxylic acids is 1. The molecule has 0 aromatic heterocycles. The minimum atomic E-state index is -1.14. The molecule has 0 bridgehead atoms. The molecule has 0 fully saturated rings. The molecule has 15 heavy (non-hydrogen) atoms. The van der Waals surface area contributed by atoms with Gasteiger partial charge in [0, 0.05) is 11.4 Å². The number of halogens is 2. The van der Waals surface area contributed by atoms with Crippen LogP contribution in [0.4, 0.5) is 4.39 Å². The monoisotopic (exact) mass is 228 g/mol. The average Bonchev–Trinajstić information content (AvgIpc) is 2.20. The summed E-state index contributed by atoms with van der Waals surface area (Å²) >= 11 is 5.45. The van der Waals surface area contributed by atoms with Crippen molar-refractivity contribution in [3.63, 3.8) is 0 Å². The molecule has 80 valence electrons. The van der Waals surface area contributed by atoms with E-state index >= 15 is 0 Å². The lowest BCUT2D eigenvalue weighted by Gasteiger charge is -2.01. The lowest BCUT2D eigenvalue weighted by Crippen LogP contribution is -2.01. The van der Waals surface area contributed by atoms with Crippen molar-refractivity contribution in [2.24, 2.45) is 0 Å². The molecular formula is C11H10ClFO2. The van der Waals surface area contributed by atoms with Gasteiger partial charge in [-0.05, 0) is 18.6 Å². The van der Waals surface area contributed by atoms with E-state index in [1.165, 1.54) is 24.3 Å². The van der Waals surface area contributed by atoms with Gasteiger partial charge in [0.25, 0.3) is 0 Å². The predicted octanol–water partition coefficient (Wildman–Crippen LogP) is 3.17. The summed E-state index contributed by atoms with van der Waals surface area (Å²) in [6.07, 6.45) is 3.67. The Kier molecular flexibility index (Phi) is 4.31. The standard InChI is InChI=1S/C11H10ClFO2/c12-7-2-1-4-8-9(11(14)15)5-3-6-10(8)13/h1,3-6H,2,7H2,(H,14,15). The Labute approximate surface area is 92.0 Å². The Bertz CT molecular complexity index is 388. The van der Waals surface area contributed by atoms with Crippen molar-refractivity contribution in [2.75, 3.05) is 5.88 Å². The molecule has 0 saturated heterocycles. The summed E-state index contributed by atoms with van der Waals surface area (Å²) in [6.45, 7) is 0. The average molecular weight is 229 g/mol. The Morgan fingerprint density at radius 3 is 2.87 bits per heavy atom. The largest absolute Gasteiger partial charge is 0.478 e. The summed E-state index contributed by atoms with van der Waals surface area (Å²) in [6, 6.07) is 3.97. The maximum absolute atomic E-state index is 13.3. The molecule has 0 aliphatic heterocycles. The van der Waals surface area contributed by atoms with Crippen molar-refractivity contribution >= 4 is 23.6 Å². The van der Waals surface area contributed by atoms with Gasteiger partial charge in [-0.1, -0.05) is 18.2 Å². The second-order valence-electron chi connectivity index (χ2n) is 2.89. The zero-order chi connectivity index (χ0) is 11.3. The highest BCUT2D eigenvalue weighted by Crippen LogP contribution is 2.15. The van der Waals surface area contributed by atoms with Crippen LogP contribution in [-0.4, -0.2) is 17.0 Å². The van der Waals surface area contributed by atoms with Crippen molar-refractivity contribution in [3.05, 3.63) is 41.2 Å². The molecule has 1 rings (SSSR count). The third kappa shape index (κ3) is 3.06. The third-order valence-corrected chi connectivity index (χ3v) is 2.06. The summed E-state index contributed by atoms with van der Waals surface area (Å²) < 4.78 is 13.3. The Morgan fingerprint density at radius 2 is 2.27 bits per heavy atom. The lowest BCUT2D eigenvalue weighted by molar-refractivity contribution is 0.0696. The van der Waals surface area contributed by atoms with Crippen molar-refractivity contribution in [3.8, 4) is 0 Å². The molecule has 0 radical (unpaired) electrons. The molecular weight excluding hydrogens is 219 g/mol.